The molecule has 1 N–H and O–H groups in total. The van der Waals surface area contributed by atoms with Crippen LogP contribution in [0.2, 0.25) is 0 Å². The Kier molecular flexibility index (Phi) is 3.53. The van der Waals surface area contributed by atoms with Crippen molar-refractivity contribution in [3.05, 3.63) is 5.69 Å². The summed E-state index contributed by atoms with van der Waals surface area (Å²) in [4.78, 5) is 2.39. The third-order valence-electron chi connectivity index (χ3n) is 2.99. The van der Waals surface area contributed by atoms with Crippen LogP contribution < -0.4 is 5.32 Å². The van der Waals surface area contributed by atoms with Crippen LogP contribution in [-0.4, -0.2) is 34.1 Å². The van der Waals surface area contributed by atoms with Gasteiger partial charge in [0, 0.05) is 30.7 Å². The number of hydrogen-bond donors (Lipinski definition) is 1. The van der Waals surface area contributed by atoms with Gasteiger partial charge in [-0.05, 0) is 26.8 Å². The van der Waals surface area contributed by atoms with Gasteiger partial charge in [0.2, 0.25) is 0 Å². The van der Waals surface area contributed by atoms with E-state index in [1.807, 2.05) is 0 Å². The van der Waals surface area contributed by atoms with Crippen molar-refractivity contribution < 1.29 is 0 Å². The van der Waals surface area contributed by atoms with Gasteiger partial charge in [-0.25, -0.2) is 0 Å². The first kappa shape index (κ1) is 10.8. The van der Waals surface area contributed by atoms with Crippen LogP contribution in [-0.2, 0) is 6.54 Å². The molecule has 0 spiro atoms. The van der Waals surface area contributed by atoms with E-state index in [4.69, 9.17) is 0 Å². The highest BCUT2D eigenvalue weighted by Crippen LogP contribution is 2.26. The number of hydrogen-bond acceptors (Lipinski definition) is 5. The molecule has 1 aliphatic carbocycles. The van der Waals surface area contributed by atoms with Crippen molar-refractivity contribution >= 4 is 16.5 Å². The molecule has 0 aliphatic heterocycles. The van der Waals surface area contributed by atoms with Gasteiger partial charge in [0.05, 0.1) is 0 Å². The molecule has 0 atom stereocenters. The molecular weight excluding hydrogens is 208 g/mol. The largest absolute Gasteiger partial charge is 0.374 e. The zero-order valence-corrected chi connectivity index (χ0v) is 10.2. The fourth-order valence-electron chi connectivity index (χ4n) is 1.80. The van der Waals surface area contributed by atoms with Gasteiger partial charge in [-0.3, -0.25) is 4.90 Å². The highest BCUT2D eigenvalue weighted by Gasteiger charge is 2.23. The lowest BCUT2D eigenvalue weighted by atomic mass is 9.92. The third-order valence-corrected chi connectivity index (χ3v) is 3.72. The summed E-state index contributed by atoms with van der Waals surface area (Å²) in [6, 6.07) is 0.765. The Hall–Kier alpha value is -0.680. The first-order chi connectivity index (χ1) is 7.31. The van der Waals surface area contributed by atoms with E-state index in [0.29, 0.717) is 0 Å². The van der Waals surface area contributed by atoms with Crippen molar-refractivity contribution in [2.45, 2.75) is 38.8 Å². The molecule has 5 heteroatoms. The minimum absolute atomic E-state index is 0.765. The molecule has 0 unspecified atom stereocenters. The van der Waals surface area contributed by atoms with Crippen molar-refractivity contribution in [3.8, 4) is 0 Å². The first-order valence-corrected chi connectivity index (χ1v) is 6.34. The van der Waals surface area contributed by atoms with Gasteiger partial charge in [-0.2, -0.15) is 0 Å². The predicted octanol–water partition coefficient (Wildman–Crippen LogP) is 1.95. The SMILES string of the molecule is CCNc1snnc1CN(C)C1CCC1. The Labute approximate surface area is 94.8 Å². The molecule has 0 radical (unpaired) electrons. The number of anilines is 1. The quantitative estimate of drug-likeness (QED) is 0.833. The summed E-state index contributed by atoms with van der Waals surface area (Å²) in [6.45, 7) is 3.95. The smallest absolute Gasteiger partial charge is 0.134 e. The van der Waals surface area contributed by atoms with Gasteiger partial charge in [0.25, 0.3) is 0 Å². The van der Waals surface area contributed by atoms with E-state index >= 15 is 0 Å². The van der Waals surface area contributed by atoms with Crippen LogP contribution in [0.15, 0.2) is 0 Å². The molecule has 1 heterocycles. The second-order valence-corrected chi connectivity index (χ2v) is 4.83. The predicted molar refractivity (Wildman–Crippen MR) is 63.2 cm³/mol. The van der Waals surface area contributed by atoms with Crippen LogP contribution in [0, 0.1) is 0 Å². The van der Waals surface area contributed by atoms with Crippen molar-refractivity contribution in [2.24, 2.45) is 0 Å². The maximum absolute atomic E-state index is 4.18. The standard InChI is InChI=1S/C10H18N4S/c1-3-11-10-9(12-13-15-10)7-14(2)8-5-4-6-8/h8,11H,3-7H2,1-2H3. The molecule has 0 aromatic carbocycles. The summed E-state index contributed by atoms with van der Waals surface area (Å²) in [5.74, 6) is 0. The molecule has 0 amide bonds. The zero-order chi connectivity index (χ0) is 10.7. The molecule has 0 bridgehead atoms. The number of rotatable bonds is 5. The van der Waals surface area contributed by atoms with E-state index in [0.717, 1.165) is 29.8 Å². The summed E-state index contributed by atoms with van der Waals surface area (Å²) in [5, 5.41) is 8.61. The van der Waals surface area contributed by atoms with Crippen LogP contribution >= 0.6 is 11.5 Å². The fourth-order valence-corrected chi connectivity index (χ4v) is 2.44. The van der Waals surface area contributed by atoms with Gasteiger partial charge < -0.3 is 5.32 Å². The van der Waals surface area contributed by atoms with Gasteiger partial charge in [-0.15, -0.1) is 5.10 Å². The molecule has 1 saturated carbocycles. The van der Waals surface area contributed by atoms with Gasteiger partial charge in [0.15, 0.2) is 0 Å². The third kappa shape index (κ3) is 2.46. The Balaban J connectivity index is 1.93. The lowest BCUT2D eigenvalue weighted by molar-refractivity contribution is 0.151. The molecule has 1 aromatic heterocycles. The molecule has 1 fully saturated rings. The first-order valence-electron chi connectivity index (χ1n) is 5.56. The van der Waals surface area contributed by atoms with Crippen molar-refractivity contribution in [2.75, 3.05) is 18.9 Å². The molecular formula is C10H18N4S. The summed E-state index contributed by atoms with van der Waals surface area (Å²) in [7, 11) is 2.18. The van der Waals surface area contributed by atoms with Crippen LogP contribution in [0.3, 0.4) is 0 Å². The highest BCUT2D eigenvalue weighted by molar-refractivity contribution is 7.10. The lowest BCUT2D eigenvalue weighted by Crippen LogP contribution is -2.36. The Bertz CT molecular complexity index is 308. The van der Waals surface area contributed by atoms with E-state index in [2.05, 4.69) is 33.8 Å². The van der Waals surface area contributed by atoms with Crippen LogP contribution in [0.5, 0.6) is 0 Å². The normalized spacial score (nSPS) is 16.7. The average molecular weight is 226 g/mol. The maximum Gasteiger partial charge on any atom is 0.134 e. The monoisotopic (exact) mass is 226 g/mol. The topological polar surface area (TPSA) is 41.1 Å². The molecule has 1 aromatic rings. The van der Waals surface area contributed by atoms with E-state index in [9.17, 15) is 0 Å². The number of nitrogens with one attached hydrogen (secondary N) is 1. The summed E-state index contributed by atoms with van der Waals surface area (Å²) < 4.78 is 4.00. The van der Waals surface area contributed by atoms with E-state index < -0.39 is 0 Å². The Morgan fingerprint density at radius 3 is 2.93 bits per heavy atom. The number of nitrogens with zero attached hydrogens (tertiary/aromatic N) is 3. The maximum atomic E-state index is 4.18. The van der Waals surface area contributed by atoms with Gasteiger partial charge in [-0.1, -0.05) is 10.9 Å². The molecule has 84 valence electrons. The molecule has 2 rings (SSSR count). The second kappa shape index (κ2) is 4.90. The van der Waals surface area contributed by atoms with E-state index in [1.165, 1.54) is 30.8 Å². The average Bonchev–Trinajstić information content (AvgIpc) is 2.50. The Morgan fingerprint density at radius 2 is 2.33 bits per heavy atom. The fraction of sp³-hybridized carbons (Fsp3) is 0.800. The van der Waals surface area contributed by atoms with Crippen LogP contribution in [0.1, 0.15) is 31.9 Å². The molecule has 15 heavy (non-hydrogen) atoms. The van der Waals surface area contributed by atoms with Gasteiger partial charge in [0.1, 0.15) is 10.7 Å². The van der Waals surface area contributed by atoms with Crippen molar-refractivity contribution in [3.63, 3.8) is 0 Å². The van der Waals surface area contributed by atoms with Crippen molar-refractivity contribution in [1.29, 1.82) is 0 Å². The Morgan fingerprint density at radius 1 is 1.53 bits per heavy atom. The molecule has 0 saturated heterocycles. The van der Waals surface area contributed by atoms with Crippen LogP contribution in [0.25, 0.3) is 0 Å². The van der Waals surface area contributed by atoms with Crippen LogP contribution in [0.4, 0.5) is 5.00 Å². The number of aromatic nitrogens is 2. The minimum atomic E-state index is 0.765. The zero-order valence-electron chi connectivity index (χ0n) is 9.36. The second-order valence-electron chi connectivity index (χ2n) is 4.08. The van der Waals surface area contributed by atoms with Gasteiger partial charge >= 0.3 is 0 Å². The highest BCUT2D eigenvalue weighted by atomic mass is 32.1. The summed E-state index contributed by atoms with van der Waals surface area (Å²) in [5.41, 5.74) is 1.09. The van der Waals surface area contributed by atoms with Crippen molar-refractivity contribution in [1.82, 2.24) is 14.5 Å². The molecule has 1 aliphatic rings. The van der Waals surface area contributed by atoms with E-state index in [1.54, 1.807) is 0 Å². The minimum Gasteiger partial charge on any atom is -0.374 e. The van der Waals surface area contributed by atoms with E-state index in [-0.39, 0.29) is 0 Å². The lowest BCUT2D eigenvalue weighted by Gasteiger charge is -2.34. The summed E-state index contributed by atoms with van der Waals surface area (Å²) in [6.07, 6.45) is 4.06. The molecule has 4 nitrogen and oxygen atoms in total. The summed E-state index contributed by atoms with van der Waals surface area (Å²) >= 11 is 1.45.